The van der Waals surface area contributed by atoms with Crippen molar-refractivity contribution in [2.45, 2.75) is 24.5 Å². The van der Waals surface area contributed by atoms with Crippen LogP contribution in [0.25, 0.3) is 0 Å². The van der Waals surface area contributed by atoms with Gasteiger partial charge in [-0.1, -0.05) is 12.1 Å². The van der Waals surface area contributed by atoms with Crippen molar-refractivity contribution >= 4 is 35.3 Å². The van der Waals surface area contributed by atoms with Crippen LogP contribution in [0.15, 0.2) is 47.5 Å². The summed E-state index contributed by atoms with van der Waals surface area (Å²) >= 11 is 1.76. The van der Waals surface area contributed by atoms with Gasteiger partial charge in [-0.05, 0) is 36.1 Å². The third-order valence-corrected chi connectivity index (χ3v) is 6.50. The van der Waals surface area contributed by atoms with Crippen molar-refractivity contribution in [3.05, 3.63) is 48.2 Å². The van der Waals surface area contributed by atoms with Crippen molar-refractivity contribution in [3.63, 3.8) is 0 Å². The number of anilines is 2. The zero-order valence-electron chi connectivity index (χ0n) is 18.5. The molecule has 0 spiro atoms. The standard InChI is InChI=1S/C23H29N5O3S/c1-17(29)24-14-20-16-28(23(30)31-20)19-5-8-22(25-13-19)27-11-9-26(10-12-27)15-18-3-6-21(32-2)7-4-18/h3-8,13,20H,9-12,14-16H2,1-2H3,(H,24,29). The van der Waals surface area contributed by atoms with Crippen molar-refractivity contribution in [2.75, 3.05) is 55.3 Å². The van der Waals surface area contributed by atoms with Crippen molar-refractivity contribution in [1.82, 2.24) is 15.2 Å². The van der Waals surface area contributed by atoms with Crippen LogP contribution in [0.3, 0.4) is 0 Å². The number of nitrogens with zero attached hydrogens (tertiary/aromatic N) is 4. The second kappa shape index (κ2) is 10.2. The third kappa shape index (κ3) is 5.52. The lowest BCUT2D eigenvalue weighted by Gasteiger charge is -2.35. The fraction of sp³-hybridized carbons (Fsp3) is 0.435. The van der Waals surface area contributed by atoms with Crippen LogP contribution >= 0.6 is 11.8 Å². The predicted molar refractivity (Wildman–Crippen MR) is 126 cm³/mol. The van der Waals surface area contributed by atoms with E-state index in [-0.39, 0.29) is 12.0 Å². The largest absolute Gasteiger partial charge is 0.442 e. The Morgan fingerprint density at radius 2 is 1.91 bits per heavy atom. The molecule has 0 radical (unpaired) electrons. The molecule has 32 heavy (non-hydrogen) atoms. The number of carbonyl (C=O) groups is 2. The monoisotopic (exact) mass is 455 g/mol. The van der Waals surface area contributed by atoms with Crippen molar-refractivity contribution in [2.24, 2.45) is 0 Å². The molecule has 170 valence electrons. The highest BCUT2D eigenvalue weighted by Gasteiger charge is 2.32. The van der Waals surface area contributed by atoms with Gasteiger partial charge in [0.25, 0.3) is 0 Å². The Morgan fingerprint density at radius 1 is 1.16 bits per heavy atom. The molecule has 1 aromatic carbocycles. The molecule has 1 aromatic heterocycles. The number of cyclic esters (lactones) is 1. The Hall–Kier alpha value is -2.78. The first-order chi connectivity index (χ1) is 15.5. The topological polar surface area (TPSA) is 78.0 Å². The number of nitrogens with one attached hydrogen (secondary N) is 1. The van der Waals surface area contributed by atoms with Gasteiger partial charge in [-0.2, -0.15) is 0 Å². The molecule has 1 unspecified atom stereocenters. The van der Waals surface area contributed by atoms with Gasteiger partial charge in [0.15, 0.2) is 0 Å². The van der Waals surface area contributed by atoms with Crippen LogP contribution in [0.5, 0.6) is 0 Å². The summed E-state index contributed by atoms with van der Waals surface area (Å²) in [4.78, 5) is 35.4. The zero-order chi connectivity index (χ0) is 22.5. The summed E-state index contributed by atoms with van der Waals surface area (Å²) in [5.74, 6) is 0.777. The summed E-state index contributed by atoms with van der Waals surface area (Å²) in [5, 5.41) is 2.69. The maximum atomic E-state index is 12.2. The van der Waals surface area contributed by atoms with Gasteiger partial charge in [-0.15, -0.1) is 11.8 Å². The van der Waals surface area contributed by atoms with Gasteiger partial charge in [0.1, 0.15) is 11.9 Å². The molecule has 2 fully saturated rings. The summed E-state index contributed by atoms with van der Waals surface area (Å²) in [7, 11) is 0. The van der Waals surface area contributed by atoms with Gasteiger partial charge in [0.2, 0.25) is 5.91 Å². The molecule has 9 heteroatoms. The maximum Gasteiger partial charge on any atom is 0.414 e. The highest BCUT2D eigenvalue weighted by molar-refractivity contribution is 7.98. The normalized spacial score (nSPS) is 19.2. The van der Waals surface area contributed by atoms with Gasteiger partial charge in [0, 0.05) is 44.5 Å². The Kier molecular flexibility index (Phi) is 7.16. The van der Waals surface area contributed by atoms with Crippen molar-refractivity contribution < 1.29 is 14.3 Å². The number of hydrogen-bond donors (Lipinski definition) is 1. The summed E-state index contributed by atoms with van der Waals surface area (Å²) in [6, 6.07) is 12.6. The maximum absolute atomic E-state index is 12.2. The first-order valence-electron chi connectivity index (χ1n) is 10.8. The van der Waals surface area contributed by atoms with Crippen LogP contribution in [-0.4, -0.2) is 73.5 Å². The number of pyridine rings is 1. The number of rotatable bonds is 7. The first-order valence-corrected chi connectivity index (χ1v) is 12.0. The van der Waals surface area contributed by atoms with E-state index in [1.54, 1.807) is 22.9 Å². The van der Waals surface area contributed by atoms with E-state index in [0.717, 1.165) is 38.5 Å². The molecular formula is C23H29N5O3S. The second-order valence-corrected chi connectivity index (χ2v) is 8.92. The van der Waals surface area contributed by atoms with Crippen LogP contribution < -0.4 is 15.1 Å². The Labute approximate surface area is 192 Å². The lowest BCUT2D eigenvalue weighted by atomic mass is 10.2. The minimum Gasteiger partial charge on any atom is -0.442 e. The van der Waals surface area contributed by atoms with E-state index in [0.29, 0.717) is 18.8 Å². The summed E-state index contributed by atoms with van der Waals surface area (Å²) in [6.45, 7) is 6.92. The number of aromatic nitrogens is 1. The molecule has 0 bridgehead atoms. The van der Waals surface area contributed by atoms with E-state index in [1.165, 1.54) is 17.4 Å². The van der Waals surface area contributed by atoms with Crippen molar-refractivity contribution in [3.8, 4) is 0 Å². The molecule has 2 amide bonds. The van der Waals surface area contributed by atoms with Crippen LogP contribution in [0, 0.1) is 0 Å². The molecule has 2 aromatic rings. The number of benzene rings is 1. The zero-order valence-corrected chi connectivity index (χ0v) is 19.3. The fourth-order valence-corrected chi connectivity index (χ4v) is 4.35. The Morgan fingerprint density at radius 3 is 2.53 bits per heavy atom. The predicted octanol–water partition coefficient (Wildman–Crippen LogP) is 2.59. The smallest absolute Gasteiger partial charge is 0.414 e. The fourth-order valence-electron chi connectivity index (χ4n) is 3.95. The molecule has 1 N–H and O–H groups in total. The van der Waals surface area contributed by atoms with Crippen LogP contribution in [0.1, 0.15) is 12.5 Å². The van der Waals surface area contributed by atoms with E-state index in [9.17, 15) is 9.59 Å². The molecule has 8 nitrogen and oxygen atoms in total. The van der Waals surface area contributed by atoms with Gasteiger partial charge < -0.3 is 15.0 Å². The molecule has 4 rings (SSSR count). The number of carbonyl (C=O) groups excluding carboxylic acids is 2. The molecule has 1 atom stereocenters. The van der Waals surface area contributed by atoms with E-state index >= 15 is 0 Å². The third-order valence-electron chi connectivity index (χ3n) is 5.76. The lowest BCUT2D eigenvalue weighted by Crippen LogP contribution is -2.46. The van der Waals surface area contributed by atoms with E-state index in [1.807, 2.05) is 12.1 Å². The highest BCUT2D eigenvalue weighted by atomic mass is 32.2. The number of piperazine rings is 1. The first kappa shape index (κ1) is 22.4. The molecule has 0 aliphatic carbocycles. The van der Waals surface area contributed by atoms with Crippen LogP contribution in [0.2, 0.25) is 0 Å². The molecular weight excluding hydrogens is 426 g/mol. The average Bonchev–Trinajstić information content (AvgIpc) is 3.19. The van der Waals surface area contributed by atoms with Crippen LogP contribution in [0.4, 0.5) is 16.3 Å². The van der Waals surface area contributed by atoms with E-state index in [2.05, 4.69) is 50.6 Å². The average molecular weight is 456 g/mol. The number of amides is 2. The van der Waals surface area contributed by atoms with Crippen LogP contribution in [-0.2, 0) is 16.1 Å². The lowest BCUT2D eigenvalue weighted by molar-refractivity contribution is -0.119. The number of ether oxygens (including phenoxy) is 1. The second-order valence-electron chi connectivity index (χ2n) is 8.04. The number of thioether (sulfide) groups is 1. The van der Waals surface area contributed by atoms with E-state index in [4.69, 9.17) is 4.74 Å². The van der Waals surface area contributed by atoms with Gasteiger partial charge in [-0.3, -0.25) is 14.6 Å². The van der Waals surface area contributed by atoms with Gasteiger partial charge in [-0.25, -0.2) is 9.78 Å². The highest BCUT2D eigenvalue weighted by Crippen LogP contribution is 2.24. The minimum atomic E-state index is -0.408. The summed E-state index contributed by atoms with van der Waals surface area (Å²) in [6.07, 6.45) is 3.05. The van der Waals surface area contributed by atoms with Gasteiger partial charge in [0.05, 0.1) is 25.0 Å². The minimum absolute atomic E-state index is 0.140. The summed E-state index contributed by atoms with van der Waals surface area (Å²) in [5.41, 5.74) is 2.05. The Balaban J connectivity index is 1.28. The molecule has 2 aliphatic rings. The molecule has 2 aliphatic heterocycles. The SMILES string of the molecule is CSc1ccc(CN2CCN(c3ccc(N4CC(CNC(C)=O)OC4=O)cn3)CC2)cc1. The van der Waals surface area contributed by atoms with Crippen molar-refractivity contribution in [1.29, 1.82) is 0 Å². The number of hydrogen-bond acceptors (Lipinski definition) is 7. The van der Waals surface area contributed by atoms with E-state index < -0.39 is 6.09 Å². The molecule has 2 saturated heterocycles. The summed E-state index contributed by atoms with van der Waals surface area (Å²) < 4.78 is 5.33. The quantitative estimate of drug-likeness (QED) is 0.643. The molecule has 3 heterocycles. The van der Waals surface area contributed by atoms with Gasteiger partial charge >= 0.3 is 6.09 Å². The molecule has 0 saturated carbocycles. The Bertz CT molecular complexity index is 930.